The van der Waals surface area contributed by atoms with E-state index in [-0.39, 0.29) is 29.8 Å². The third-order valence-corrected chi connectivity index (χ3v) is 3.93. The van der Waals surface area contributed by atoms with Gasteiger partial charge in [-0.25, -0.2) is 0 Å². The number of hydrogen-bond donors (Lipinski definition) is 1. The van der Waals surface area contributed by atoms with Crippen LogP contribution < -0.4 is 5.73 Å². The van der Waals surface area contributed by atoms with E-state index in [2.05, 4.69) is 18.9 Å². The number of carbonyl (C=O) groups is 1. The molecule has 1 aromatic heterocycles. The summed E-state index contributed by atoms with van der Waals surface area (Å²) >= 11 is 0. The maximum Gasteiger partial charge on any atom is 0.274 e. The highest BCUT2D eigenvalue weighted by Crippen LogP contribution is 2.28. The quantitative estimate of drug-likeness (QED) is 0.847. The summed E-state index contributed by atoms with van der Waals surface area (Å²) in [4.78, 5) is 14.2. The first kappa shape index (κ1) is 16.0. The topological polar surface area (TPSA) is 64.2 Å². The molecule has 1 aromatic rings. The lowest BCUT2D eigenvalue weighted by Gasteiger charge is -2.42. The first-order chi connectivity index (χ1) is 8.31. The number of aryl methyl sites for hydroxylation is 2. The van der Waals surface area contributed by atoms with Gasteiger partial charge in [0.1, 0.15) is 0 Å². The van der Waals surface area contributed by atoms with Gasteiger partial charge < -0.3 is 10.6 Å². The second-order valence-corrected chi connectivity index (χ2v) is 5.91. The molecule has 1 aliphatic heterocycles. The summed E-state index contributed by atoms with van der Waals surface area (Å²) in [5.74, 6) is 0.0127. The van der Waals surface area contributed by atoms with Gasteiger partial charge in [0.05, 0.1) is 0 Å². The lowest BCUT2D eigenvalue weighted by atomic mass is 9.79. The van der Waals surface area contributed by atoms with Crippen LogP contribution in [0.15, 0.2) is 6.07 Å². The van der Waals surface area contributed by atoms with Crippen LogP contribution in [0.2, 0.25) is 0 Å². The summed E-state index contributed by atoms with van der Waals surface area (Å²) in [5.41, 5.74) is 7.57. The molecule has 108 valence electrons. The zero-order valence-electron chi connectivity index (χ0n) is 12.0. The molecule has 5 nitrogen and oxygen atoms in total. The van der Waals surface area contributed by atoms with Crippen LogP contribution in [0, 0.1) is 12.3 Å². The summed E-state index contributed by atoms with van der Waals surface area (Å²) in [5, 5.41) is 4.25. The van der Waals surface area contributed by atoms with Crippen molar-refractivity contribution in [2.45, 2.75) is 33.2 Å². The minimum Gasteiger partial charge on any atom is -0.337 e. The Balaban J connectivity index is 0.00000180. The SMILES string of the molecule is Cc1cc(C(=O)N2CCC(N)C(C)(C)C2)nn1C.Cl. The number of piperidine rings is 1. The van der Waals surface area contributed by atoms with Crippen molar-refractivity contribution in [2.75, 3.05) is 13.1 Å². The number of nitrogens with zero attached hydrogens (tertiary/aromatic N) is 3. The largest absolute Gasteiger partial charge is 0.337 e. The monoisotopic (exact) mass is 286 g/mol. The molecule has 1 atom stereocenters. The van der Waals surface area contributed by atoms with Gasteiger partial charge in [-0.2, -0.15) is 5.10 Å². The number of carbonyl (C=O) groups excluding carboxylic acids is 1. The molecule has 2 N–H and O–H groups in total. The molecule has 0 saturated carbocycles. The van der Waals surface area contributed by atoms with E-state index in [4.69, 9.17) is 5.73 Å². The molecule has 1 saturated heterocycles. The minimum absolute atomic E-state index is 0. The Morgan fingerprint density at radius 2 is 2.16 bits per heavy atom. The van der Waals surface area contributed by atoms with Crippen molar-refractivity contribution in [3.63, 3.8) is 0 Å². The Kier molecular flexibility index (Phi) is 4.63. The van der Waals surface area contributed by atoms with E-state index in [1.807, 2.05) is 24.9 Å². The molecule has 1 aliphatic rings. The van der Waals surface area contributed by atoms with Crippen LogP contribution in [0.3, 0.4) is 0 Å². The summed E-state index contributed by atoms with van der Waals surface area (Å²) in [6.07, 6.45) is 0.852. The summed E-state index contributed by atoms with van der Waals surface area (Å²) in [7, 11) is 1.85. The van der Waals surface area contributed by atoms with Gasteiger partial charge in [0.25, 0.3) is 5.91 Å². The lowest BCUT2D eigenvalue weighted by molar-refractivity contribution is 0.0526. The van der Waals surface area contributed by atoms with Crippen molar-refractivity contribution in [2.24, 2.45) is 18.2 Å². The molecule has 1 unspecified atom stereocenters. The van der Waals surface area contributed by atoms with Crippen LogP contribution in [-0.4, -0.2) is 39.7 Å². The maximum absolute atomic E-state index is 12.4. The number of likely N-dealkylation sites (tertiary alicyclic amines) is 1. The molecular formula is C13H23ClN4O. The van der Waals surface area contributed by atoms with Gasteiger partial charge in [-0.1, -0.05) is 13.8 Å². The number of aromatic nitrogens is 2. The normalized spacial score (nSPS) is 21.9. The maximum atomic E-state index is 12.4. The predicted octanol–water partition coefficient (Wildman–Crippen LogP) is 1.35. The molecule has 0 bridgehead atoms. The fourth-order valence-corrected chi connectivity index (χ4v) is 2.37. The molecule has 0 spiro atoms. The molecule has 2 rings (SSSR count). The molecule has 0 radical (unpaired) electrons. The summed E-state index contributed by atoms with van der Waals surface area (Å²) in [6.45, 7) is 7.59. The van der Waals surface area contributed by atoms with Crippen molar-refractivity contribution >= 4 is 18.3 Å². The van der Waals surface area contributed by atoms with E-state index < -0.39 is 0 Å². The highest BCUT2D eigenvalue weighted by Gasteiger charge is 2.36. The van der Waals surface area contributed by atoms with Gasteiger partial charge >= 0.3 is 0 Å². The first-order valence-corrected chi connectivity index (χ1v) is 6.37. The van der Waals surface area contributed by atoms with Crippen molar-refractivity contribution < 1.29 is 4.79 Å². The lowest BCUT2D eigenvalue weighted by Crippen LogP contribution is -2.54. The fourth-order valence-electron chi connectivity index (χ4n) is 2.37. The van der Waals surface area contributed by atoms with Crippen LogP contribution in [-0.2, 0) is 7.05 Å². The second-order valence-electron chi connectivity index (χ2n) is 5.91. The van der Waals surface area contributed by atoms with Gasteiger partial charge in [-0.15, -0.1) is 12.4 Å². The second kappa shape index (κ2) is 5.51. The average molecular weight is 287 g/mol. The zero-order valence-corrected chi connectivity index (χ0v) is 12.8. The van der Waals surface area contributed by atoms with Crippen LogP contribution in [0.5, 0.6) is 0 Å². The third-order valence-electron chi connectivity index (χ3n) is 3.93. The van der Waals surface area contributed by atoms with E-state index in [0.717, 1.165) is 18.7 Å². The Morgan fingerprint density at radius 1 is 1.53 bits per heavy atom. The number of halogens is 1. The van der Waals surface area contributed by atoms with E-state index >= 15 is 0 Å². The first-order valence-electron chi connectivity index (χ1n) is 6.37. The molecule has 6 heteroatoms. The van der Waals surface area contributed by atoms with Crippen LogP contribution in [0.1, 0.15) is 36.5 Å². The molecule has 1 amide bonds. The van der Waals surface area contributed by atoms with Gasteiger partial charge in [0.2, 0.25) is 0 Å². The average Bonchev–Trinajstić information content (AvgIpc) is 2.62. The Labute approximate surface area is 120 Å². The van der Waals surface area contributed by atoms with Gasteiger partial charge in [-0.05, 0) is 24.8 Å². The Hall–Kier alpha value is -1.07. The molecule has 0 aliphatic carbocycles. The van der Waals surface area contributed by atoms with Gasteiger partial charge in [0.15, 0.2) is 5.69 Å². The van der Waals surface area contributed by atoms with Crippen LogP contribution >= 0.6 is 12.4 Å². The fraction of sp³-hybridized carbons (Fsp3) is 0.692. The zero-order chi connectivity index (χ0) is 13.5. The van der Waals surface area contributed by atoms with Crippen molar-refractivity contribution in [1.29, 1.82) is 0 Å². The Bertz CT molecular complexity index is 450. The van der Waals surface area contributed by atoms with Gasteiger partial charge in [-0.3, -0.25) is 9.48 Å². The number of nitrogens with two attached hydrogens (primary N) is 1. The minimum atomic E-state index is -0.0300. The standard InChI is InChI=1S/C13H22N4O.ClH/c1-9-7-10(15-16(9)4)12(18)17-6-5-11(14)13(2,3)8-17;/h7,11H,5-6,8,14H2,1-4H3;1H. The molecular weight excluding hydrogens is 264 g/mol. The van der Waals surface area contributed by atoms with Crippen molar-refractivity contribution in [3.05, 3.63) is 17.5 Å². The number of amides is 1. The van der Waals surface area contributed by atoms with E-state index in [1.54, 1.807) is 4.68 Å². The molecule has 0 aromatic carbocycles. The highest BCUT2D eigenvalue weighted by molar-refractivity contribution is 5.92. The molecule has 2 heterocycles. The third kappa shape index (κ3) is 3.09. The smallest absolute Gasteiger partial charge is 0.274 e. The van der Waals surface area contributed by atoms with Crippen LogP contribution in [0.25, 0.3) is 0 Å². The molecule has 19 heavy (non-hydrogen) atoms. The van der Waals surface area contributed by atoms with Crippen LogP contribution in [0.4, 0.5) is 0 Å². The van der Waals surface area contributed by atoms with Gasteiger partial charge in [0, 0.05) is 31.9 Å². The predicted molar refractivity (Wildman–Crippen MR) is 77.5 cm³/mol. The summed E-state index contributed by atoms with van der Waals surface area (Å²) in [6, 6.07) is 2.00. The number of rotatable bonds is 1. The number of hydrogen-bond acceptors (Lipinski definition) is 3. The van der Waals surface area contributed by atoms with E-state index in [0.29, 0.717) is 12.2 Å². The van der Waals surface area contributed by atoms with Crippen molar-refractivity contribution in [1.82, 2.24) is 14.7 Å². The highest BCUT2D eigenvalue weighted by atomic mass is 35.5. The summed E-state index contributed by atoms with van der Waals surface area (Å²) < 4.78 is 1.73. The molecule has 1 fully saturated rings. The van der Waals surface area contributed by atoms with Crippen molar-refractivity contribution in [3.8, 4) is 0 Å². The van der Waals surface area contributed by atoms with E-state index in [1.165, 1.54) is 0 Å². The van der Waals surface area contributed by atoms with E-state index in [9.17, 15) is 4.79 Å². The Morgan fingerprint density at radius 3 is 2.63 bits per heavy atom.